The summed E-state index contributed by atoms with van der Waals surface area (Å²) in [7, 11) is 0. The van der Waals surface area contributed by atoms with E-state index in [2.05, 4.69) is 47.4 Å². The van der Waals surface area contributed by atoms with E-state index < -0.39 is 0 Å². The smallest absolute Gasteiger partial charge is 0.271 e. The number of aromatic nitrogens is 2. The van der Waals surface area contributed by atoms with Crippen molar-refractivity contribution in [1.29, 1.82) is 0 Å². The number of amides is 1. The Morgan fingerprint density at radius 2 is 1.71 bits per heavy atom. The van der Waals surface area contributed by atoms with Crippen LogP contribution in [0.1, 0.15) is 42.4 Å². The molecule has 144 valence electrons. The number of halogens is 1. The third-order valence-electron chi connectivity index (χ3n) is 4.28. The molecule has 0 saturated carbocycles. The Kier molecular flexibility index (Phi) is 5.95. The number of carbonyl (C=O) groups is 1. The molecule has 0 bridgehead atoms. The summed E-state index contributed by atoms with van der Waals surface area (Å²) in [5.74, 6) is 0.286. The molecule has 2 aromatic carbocycles. The quantitative estimate of drug-likeness (QED) is 0.631. The van der Waals surface area contributed by atoms with Gasteiger partial charge in [-0.3, -0.25) is 4.79 Å². The number of anilines is 2. The van der Waals surface area contributed by atoms with Crippen molar-refractivity contribution in [2.24, 2.45) is 0 Å². The Morgan fingerprint density at radius 1 is 1.00 bits per heavy atom. The fourth-order valence-electron chi connectivity index (χ4n) is 2.80. The second-order valence-electron chi connectivity index (χ2n) is 7.48. The van der Waals surface area contributed by atoms with Gasteiger partial charge in [-0.15, -0.1) is 0 Å². The highest BCUT2D eigenvalue weighted by atomic mass is 35.5. The average molecular weight is 395 g/mol. The van der Waals surface area contributed by atoms with Crippen LogP contribution < -0.4 is 10.6 Å². The van der Waals surface area contributed by atoms with Crippen molar-refractivity contribution in [1.82, 2.24) is 15.3 Å². The number of nitrogens with zero attached hydrogens (tertiary/aromatic N) is 2. The zero-order valence-corrected chi connectivity index (χ0v) is 16.9. The monoisotopic (exact) mass is 394 g/mol. The van der Waals surface area contributed by atoms with E-state index in [1.807, 2.05) is 36.4 Å². The summed E-state index contributed by atoms with van der Waals surface area (Å²) in [6, 6.07) is 15.5. The van der Waals surface area contributed by atoms with Crippen LogP contribution in [0.2, 0.25) is 5.02 Å². The van der Waals surface area contributed by atoms with Crippen LogP contribution in [-0.4, -0.2) is 15.9 Å². The maximum Gasteiger partial charge on any atom is 0.271 e. The summed E-state index contributed by atoms with van der Waals surface area (Å²) in [4.78, 5) is 20.9. The first-order chi connectivity index (χ1) is 13.3. The largest absolute Gasteiger partial charge is 0.347 e. The van der Waals surface area contributed by atoms with Gasteiger partial charge in [0.2, 0.25) is 0 Å². The minimum absolute atomic E-state index is 0.00440. The minimum atomic E-state index is -0.297. The lowest BCUT2D eigenvalue weighted by Crippen LogP contribution is -2.24. The van der Waals surface area contributed by atoms with Gasteiger partial charge in [0.1, 0.15) is 11.5 Å². The lowest BCUT2D eigenvalue weighted by Gasteiger charge is -2.23. The molecule has 0 aliphatic carbocycles. The Morgan fingerprint density at radius 3 is 2.39 bits per heavy atom. The summed E-state index contributed by atoms with van der Waals surface area (Å²) in [6.45, 7) is 6.81. The molecular weight excluding hydrogens is 372 g/mol. The van der Waals surface area contributed by atoms with Crippen molar-refractivity contribution in [3.05, 3.63) is 82.8 Å². The van der Waals surface area contributed by atoms with Gasteiger partial charge in [-0.1, -0.05) is 68.8 Å². The van der Waals surface area contributed by atoms with E-state index in [9.17, 15) is 4.79 Å². The first kappa shape index (κ1) is 19.8. The maximum absolute atomic E-state index is 12.3. The second-order valence-corrected chi connectivity index (χ2v) is 7.89. The van der Waals surface area contributed by atoms with Crippen LogP contribution >= 0.6 is 11.6 Å². The van der Waals surface area contributed by atoms with Crippen molar-refractivity contribution in [2.75, 3.05) is 5.32 Å². The van der Waals surface area contributed by atoms with Crippen LogP contribution in [0.25, 0.3) is 0 Å². The fourth-order valence-corrected chi connectivity index (χ4v) is 3.00. The predicted molar refractivity (Wildman–Crippen MR) is 113 cm³/mol. The molecule has 5 nitrogen and oxygen atoms in total. The number of carbonyl (C=O) groups excluding carboxylic acids is 1. The van der Waals surface area contributed by atoms with Gasteiger partial charge in [0.25, 0.3) is 5.91 Å². The Labute approximate surface area is 170 Å². The van der Waals surface area contributed by atoms with E-state index in [0.717, 1.165) is 11.3 Å². The highest BCUT2D eigenvalue weighted by molar-refractivity contribution is 6.31. The number of hydrogen-bond donors (Lipinski definition) is 2. The molecule has 2 N–H and O–H groups in total. The number of para-hydroxylation sites is 1. The summed E-state index contributed by atoms with van der Waals surface area (Å²) < 4.78 is 0. The summed E-state index contributed by atoms with van der Waals surface area (Å²) in [5, 5.41) is 6.71. The van der Waals surface area contributed by atoms with Gasteiger partial charge in [-0.2, -0.15) is 0 Å². The lowest BCUT2D eigenvalue weighted by atomic mass is 9.86. The highest BCUT2D eigenvalue weighted by Crippen LogP contribution is 2.30. The Balaban J connectivity index is 1.67. The molecule has 0 radical (unpaired) electrons. The molecule has 3 rings (SSSR count). The zero-order valence-electron chi connectivity index (χ0n) is 16.2. The van der Waals surface area contributed by atoms with Crippen LogP contribution in [0.15, 0.2) is 60.9 Å². The van der Waals surface area contributed by atoms with Gasteiger partial charge >= 0.3 is 0 Å². The topological polar surface area (TPSA) is 66.9 Å². The number of nitrogens with one attached hydrogen (secondary N) is 2. The normalized spacial score (nSPS) is 11.1. The molecular formula is C22H23ClN4O. The number of hydrogen-bond acceptors (Lipinski definition) is 4. The maximum atomic E-state index is 12.3. The van der Waals surface area contributed by atoms with E-state index in [0.29, 0.717) is 17.4 Å². The third-order valence-corrected chi connectivity index (χ3v) is 4.65. The summed E-state index contributed by atoms with van der Waals surface area (Å²) in [6.07, 6.45) is 3.02. The van der Waals surface area contributed by atoms with E-state index in [4.69, 9.17) is 11.6 Å². The first-order valence-corrected chi connectivity index (χ1v) is 9.42. The van der Waals surface area contributed by atoms with Crippen LogP contribution in [0.5, 0.6) is 0 Å². The van der Waals surface area contributed by atoms with Gasteiger partial charge in [-0.25, -0.2) is 9.97 Å². The van der Waals surface area contributed by atoms with Gasteiger partial charge in [-0.05, 0) is 28.7 Å². The SMILES string of the molecule is CC(C)(C)c1ccccc1Nc1cnc(C(=O)NCc2ccccc2Cl)cn1. The lowest BCUT2D eigenvalue weighted by molar-refractivity contribution is 0.0945. The van der Waals surface area contributed by atoms with Crippen molar-refractivity contribution in [3.63, 3.8) is 0 Å². The van der Waals surface area contributed by atoms with Crippen LogP contribution in [0.3, 0.4) is 0 Å². The molecule has 0 fully saturated rings. The van der Waals surface area contributed by atoms with E-state index >= 15 is 0 Å². The molecule has 0 saturated heterocycles. The molecule has 0 atom stereocenters. The fraction of sp³-hybridized carbons (Fsp3) is 0.227. The second kappa shape index (κ2) is 8.40. The van der Waals surface area contributed by atoms with E-state index in [1.54, 1.807) is 12.3 Å². The molecule has 1 heterocycles. The Hall–Kier alpha value is -2.92. The van der Waals surface area contributed by atoms with Gasteiger partial charge in [0, 0.05) is 17.3 Å². The van der Waals surface area contributed by atoms with Crippen LogP contribution in [0.4, 0.5) is 11.5 Å². The molecule has 1 aromatic heterocycles. The molecule has 0 spiro atoms. The summed E-state index contributed by atoms with van der Waals surface area (Å²) >= 11 is 6.11. The molecule has 1 amide bonds. The van der Waals surface area contributed by atoms with E-state index in [-0.39, 0.29) is 17.0 Å². The zero-order chi connectivity index (χ0) is 20.1. The molecule has 0 aliphatic rings. The molecule has 0 unspecified atom stereocenters. The number of rotatable bonds is 5. The molecule has 28 heavy (non-hydrogen) atoms. The van der Waals surface area contributed by atoms with Crippen molar-refractivity contribution in [3.8, 4) is 0 Å². The molecule has 3 aromatic rings. The molecule has 6 heteroatoms. The van der Waals surface area contributed by atoms with Crippen molar-refractivity contribution >= 4 is 29.0 Å². The standard InChI is InChI=1S/C22H23ClN4O/c1-22(2,3)16-9-5-7-11-18(16)27-20-14-24-19(13-25-20)21(28)26-12-15-8-4-6-10-17(15)23/h4-11,13-14H,12H2,1-3H3,(H,25,27)(H,26,28). The van der Waals surface area contributed by atoms with Gasteiger partial charge < -0.3 is 10.6 Å². The first-order valence-electron chi connectivity index (χ1n) is 9.05. The average Bonchev–Trinajstić information content (AvgIpc) is 2.67. The number of benzene rings is 2. The third kappa shape index (κ3) is 4.87. The highest BCUT2D eigenvalue weighted by Gasteiger charge is 2.18. The minimum Gasteiger partial charge on any atom is -0.347 e. The van der Waals surface area contributed by atoms with Gasteiger partial charge in [0.05, 0.1) is 12.4 Å². The van der Waals surface area contributed by atoms with Crippen LogP contribution in [-0.2, 0) is 12.0 Å². The van der Waals surface area contributed by atoms with Crippen molar-refractivity contribution in [2.45, 2.75) is 32.7 Å². The van der Waals surface area contributed by atoms with Crippen LogP contribution in [0, 0.1) is 0 Å². The predicted octanol–water partition coefficient (Wildman–Crippen LogP) is 5.10. The van der Waals surface area contributed by atoms with E-state index in [1.165, 1.54) is 11.8 Å². The van der Waals surface area contributed by atoms with Gasteiger partial charge in [0.15, 0.2) is 0 Å². The van der Waals surface area contributed by atoms with Crippen molar-refractivity contribution < 1.29 is 4.79 Å². The molecule has 0 aliphatic heterocycles. The Bertz CT molecular complexity index is 965. The summed E-state index contributed by atoms with van der Waals surface area (Å²) in [5.41, 5.74) is 3.25.